The summed E-state index contributed by atoms with van der Waals surface area (Å²) in [5, 5.41) is 9.74. The van der Waals surface area contributed by atoms with E-state index in [1.165, 1.54) is 96.3 Å². The Morgan fingerprint density at radius 2 is 1.09 bits per heavy atom. The second kappa shape index (κ2) is 39.0. The normalized spacial score (nSPS) is 13.6. The van der Waals surface area contributed by atoms with E-state index >= 15 is 0 Å². The molecule has 0 aliphatic rings. The van der Waals surface area contributed by atoms with Crippen LogP contribution in [0.3, 0.4) is 0 Å². The van der Waals surface area contributed by atoms with Crippen molar-refractivity contribution in [3.63, 3.8) is 0 Å². The molecular weight excluding hydrogens is 703 g/mol. The van der Waals surface area contributed by atoms with Crippen molar-refractivity contribution in [1.82, 2.24) is 0 Å². The Labute approximate surface area is 329 Å². The predicted octanol–water partition coefficient (Wildman–Crippen LogP) is 11.9. The van der Waals surface area contributed by atoms with Gasteiger partial charge in [-0.2, -0.15) is 0 Å². The lowest BCUT2D eigenvalue weighted by molar-refractivity contribution is -0.161. The third kappa shape index (κ3) is 40.9. The highest BCUT2D eigenvalue weighted by molar-refractivity contribution is 7.46. The quantitative estimate of drug-likeness (QED) is 0.0184. The highest BCUT2D eigenvalue weighted by Gasteiger charge is 2.22. The van der Waals surface area contributed by atoms with E-state index in [0.29, 0.717) is 25.7 Å². The first-order valence-electron chi connectivity index (χ1n) is 21.2. The number of ether oxygens (including phenoxy) is 2. The Hall–Kier alpha value is -2.29. The van der Waals surface area contributed by atoms with Crippen molar-refractivity contribution in [3.8, 4) is 0 Å². The monoisotopic (exact) mass is 781 g/mol. The molecule has 10 heteroatoms. The van der Waals surface area contributed by atoms with Crippen molar-refractivity contribution in [2.45, 2.75) is 193 Å². The molecule has 0 saturated carbocycles. The molecule has 9 nitrogen and oxygen atoms in total. The third-order valence-corrected chi connectivity index (χ3v) is 9.36. The Kier molecular flexibility index (Phi) is 37.3. The predicted molar refractivity (Wildman–Crippen MR) is 222 cm³/mol. The van der Waals surface area contributed by atoms with Crippen molar-refractivity contribution < 1.29 is 43.0 Å². The molecule has 0 radical (unpaired) electrons. The topological polar surface area (TPSA) is 140 Å². The van der Waals surface area contributed by atoms with Gasteiger partial charge in [0.25, 0.3) is 0 Å². The molecule has 0 aliphatic carbocycles. The van der Waals surface area contributed by atoms with E-state index in [1.54, 1.807) is 0 Å². The highest BCUT2D eigenvalue weighted by atomic mass is 31.2. The third-order valence-electron chi connectivity index (χ3n) is 8.88. The number of phosphoric acid groups is 1. The average Bonchev–Trinajstić information content (AvgIpc) is 3.14. The lowest BCUT2D eigenvalue weighted by Gasteiger charge is -2.18. The molecule has 0 bridgehead atoms. The zero-order valence-electron chi connectivity index (χ0n) is 34.0. The average molecular weight is 781 g/mol. The number of unbranched alkanes of at least 4 members (excludes halogenated alkanes) is 18. The standard InChI is InChI=1S/C44H77O9P/c1-3-5-7-8-9-10-11-12-13-14-15-16-17-21-24-27-30-33-37-43(46)51-39-42(40-52-54(48,49)50)53-44(47)38-34-31-28-25-22-19-18-20-23-26-29-32-36-41(45)35-6-4-2/h6,18-19,23,25-26,28-29,32,35,41-42,45H,3-5,7-17,20-22,24,27,30-31,33-34,36-40H2,1-2H3,(H2,48,49,50)/b19-18-,26-23-,28-25-,32-29+,35-6-/t41?,42-/m1/s1. The second-order valence-electron chi connectivity index (χ2n) is 14.1. The van der Waals surface area contributed by atoms with Crippen LogP contribution in [0.15, 0.2) is 60.8 Å². The van der Waals surface area contributed by atoms with Gasteiger partial charge in [-0.05, 0) is 44.9 Å². The summed E-state index contributed by atoms with van der Waals surface area (Å²) in [6.45, 7) is 3.41. The van der Waals surface area contributed by atoms with Crippen molar-refractivity contribution >= 4 is 19.8 Å². The lowest BCUT2D eigenvalue weighted by atomic mass is 10.0. The molecule has 0 fully saturated rings. The van der Waals surface area contributed by atoms with Gasteiger partial charge in [-0.1, -0.05) is 184 Å². The molecule has 1 unspecified atom stereocenters. The number of esters is 2. The summed E-state index contributed by atoms with van der Waals surface area (Å²) in [5.41, 5.74) is 0. The first-order valence-corrected chi connectivity index (χ1v) is 22.7. The van der Waals surface area contributed by atoms with Gasteiger partial charge in [0, 0.05) is 12.8 Å². The summed E-state index contributed by atoms with van der Waals surface area (Å²) in [6, 6.07) is 0. The molecule has 2 atom stereocenters. The SMILES string of the molecule is CC/C=C\C(O)C/C=C/C=C\C/C=C\C/C=C\CCCC(=O)O[C@H](COC(=O)CCCCCCCCCCCCCCCCCCCC)COP(=O)(O)O. The Bertz CT molecular complexity index is 1080. The van der Waals surface area contributed by atoms with Crippen LogP contribution in [-0.4, -0.2) is 52.3 Å². The van der Waals surface area contributed by atoms with Gasteiger partial charge in [0.1, 0.15) is 6.61 Å². The fourth-order valence-corrected chi connectivity index (χ4v) is 6.08. The number of allylic oxidation sites excluding steroid dienone is 8. The van der Waals surface area contributed by atoms with E-state index in [0.717, 1.165) is 32.1 Å². The highest BCUT2D eigenvalue weighted by Crippen LogP contribution is 2.36. The Balaban J connectivity index is 4.02. The first-order chi connectivity index (χ1) is 26.2. The number of rotatable bonds is 38. The van der Waals surface area contributed by atoms with E-state index in [4.69, 9.17) is 19.3 Å². The van der Waals surface area contributed by atoms with Gasteiger partial charge in [0.05, 0.1) is 12.7 Å². The number of phosphoric ester groups is 1. The maximum absolute atomic E-state index is 12.4. The molecule has 54 heavy (non-hydrogen) atoms. The van der Waals surface area contributed by atoms with Gasteiger partial charge in [0.15, 0.2) is 6.10 Å². The lowest BCUT2D eigenvalue weighted by Crippen LogP contribution is -2.29. The summed E-state index contributed by atoms with van der Waals surface area (Å²) in [7, 11) is -4.78. The minimum absolute atomic E-state index is 0.115. The minimum atomic E-state index is -4.78. The number of aliphatic hydroxyl groups is 1. The van der Waals surface area contributed by atoms with Crippen LogP contribution < -0.4 is 0 Å². The number of carbonyl (C=O) groups is 2. The van der Waals surface area contributed by atoms with Gasteiger partial charge in [-0.25, -0.2) is 4.57 Å². The molecule has 3 N–H and O–H groups in total. The number of hydrogen-bond donors (Lipinski definition) is 3. The van der Waals surface area contributed by atoms with Crippen molar-refractivity contribution in [1.29, 1.82) is 0 Å². The summed E-state index contributed by atoms with van der Waals surface area (Å²) in [4.78, 5) is 42.8. The molecule has 0 saturated heterocycles. The van der Waals surface area contributed by atoms with Crippen molar-refractivity contribution in [3.05, 3.63) is 60.8 Å². The molecule has 0 spiro atoms. The van der Waals surface area contributed by atoms with Crippen LogP contribution in [0, 0.1) is 0 Å². The van der Waals surface area contributed by atoms with Crippen LogP contribution in [0.5, 0.6) is 0 Å². The molecular formula is C44H77O9P. The molecule has 0 heterocycles. The first kappa shape index (κ1) is 51.7. The van der Waals surface area contributed by atoms with Gasteiger partial charge >= 0.3 is 19.8 Å². The van der Waals surface area contributed by atoms with E-state index in [2.05, 4.69) is 23.6 Å². The van der Waals surface area contributed by atoms with Crippen LogP contribution >= 0.6 is 7.82 Å². The molecule has 0 amide bonds. The van der Waals surface area contributed by atoms with Crippen LogP contribution in [0.1, 0.15) is 181 Å². The molecule has 0 aromatic heterocycles. The van der Waals surface area contributed by atoms with Crippen LogP contribution in [-0.2, 0) is 28.2 Å². The fraction of sp³-hybridized carbons (Fsp3) is 0.727. The molecule has 0 aliphatic heterocycles. The van der Waals surface area contributed by atoms with Crippen molar-refractivity contribution in [2.75, 3.05) is 13.2 Å². The second-order valence-corrected chi connectivity index (χ2v) is 15.4. The molecule has 312 valence electrons. The molecule has 0 aromatic rings. The van der Waals surface area contributed by atoms with E-state index in [-0.39, 0.29) is 19.4 Å². The maximum Gasteiger partial charge on any atom is 0.469 e. The van der Waals surface area contributed by atoms with Gasteiger partial charge in [-0.3, -0.25) is 14.1 Å². The van der Waals surface area contributed by atoms with Gasteiger partial charge in [0.2, 0.25) is 0 Å². The van der Waals surface area contributed by atoms with Gasteiger partial charge < -0.3 is 24.4 Å². The number of carbonyl (C=O) groups excluding carboxylic acids is 2. The van der Waals surface area contributed by atoms with E-state index in [1.807, 2.05) is 55.5 Å². The fourth-order valence-electron chi connectivity index (χ4n) is 5.72. The summed E-state index contributed by atoms with van der Waals surface area (Å²) >= 11 is 0. The number of aliphatic hydroxyl groups excluding tert-OH is 1. The van der Waals surface area contributed by atoms with Crippen LogP contribution in [0.25, 0.3) is 0 Å². The van der Waals surface area contributed by atoms with Gasteiger partial charge in [-0.15, -0.1) is 0 Å². The number of hydrogen-bond acceptors (Lipinski definition) is 7. The zero-order chi connectivity index (χ0) is 39.8. The summed E-state index contributed by atoms with van der Waals surface area (Å²) in [5.74, 6) is -0.975. The van der Waals surface area contributed by atoms with E-state index < -0.39 is 38.6 Å². The minimum Gasteiger partial charge on any atom is -0.462 e. The summed E-state index contributed by atoms with van der Waals surface area (Å²) < 4.78 is 26.3. The van der Waals surface area contributed by atoms with E-state index in [9.17, 15) is 19.3 Å². The zero-order valence-corrected chi connectivity index (χ0v) is 34.9. The Morgan fingerprint density at radius 3 is 1.65 bits per heavy atom. The molecule has 0 aromatic carbocycles. The van der Waals surface area contributed by atoms with Crippen LogP contribution in [0.4, 0.5) is 0 Å². The van der Waals surface area contributed by atoms with Crippen LogP contribution in [0.2, 0.25) is 0 Å². The molecule has 0 rings (SSSR count). The van der Waals surface area contributed by atoms with Crippen molar-refractivity contribution in [2.24, 2.45) is 0 Å². The Morgan fingerprint density at radius 1 is 0.593 bits per heavy atom. The smallest absolute Gasteiger partial charge is 0.462 e. The largest absolute Gasteiger partial charge is 0.469 e. The summed E-state index contributed by atoms with van der Waals surface area (Å²) in [6.07, 6.45) is 45.8. The maximum atomic E-state index is 12.4.